The Bertz CT molecular complexity index is 1010. The van der Waals surface area contributed by atoms with Crippen LogP contribution in [0.15, 0.2) is 24.3 Å². The third-order valence-corrected chi connectivity index (χ3v) is 5.96. The molecule has 0 aliphatic carbocycles. The monoisotopic (exact) mass is 418 g/mol. The second-order valence-corrected chi connectivity index (χ2v) is 12.6. The van der Waals surface area contributed by atoms with Crippen molar-refractivity contribution in [3.05, 3.63) is 35.0 Å². The van der Waals surface area contributed by atoms with Gasteiger partial charge in [-0.25, -0.2) is 19.7 Å². The van der Waals surface area contributed by atoms with Crippen molar-refractivity contribution in [3.63, 3.8) is 0 Å². The van der Waals surface area contributed by atoms with E-state index in [0.29, 0.717) is 34.3 Å². The fourth-order valence-electron chi connectivity index (χ4n) is 2.74. The van der Waals surface area contributed by atoms with Crippen molar-refractivity contribution < 1.29 is 14.3 Å². The number of halogens is 1. The summed E-state index contributed by atoms with van der Waals surface area (Å²) < 4.78 is 12.3. The highest BCUT2D eigenvalue weighted by Crippen LogP contribution is 2.27. The average molecular weight is 419 g/mol. The van der Waals surface area contributed by atoms with Gasteiger partial charge in [0.25, 0.3) is 0 Å². The maximum atomic E-state index is 11.9. The van der Waals surface area contributed by atoms with E-state index >= 15 is 0 Å². The Hall–Kier alpha value is -2.29. The SMILES string of the molecule is CCOC(=O)c1ccc(-c2nc3c(Cl)nc([Si](C)(C)C)nc3n2COC)cc1. The molecule has 0 saturated carbocycles. The quantitative estimate of drug-likeness (QED) is 0.346. The van der Waals surface area contributed by atoms with Crippen molar-refractivity contribution in [2.24, 2.45) is 0 Å². The molecule has 9 heteroatoms. The normalized spacial score (nSPS) is 11.8. The number of carbonyl (C=O) groups excluding carboxylic acids is 1. The van der Waals surface area contributed by atoms with Crippen molar-refractivity contribution in [3.8, 4) is 11.4 Å². The second-order valence-electron chi connectivity index (χ2n) is 7.34. The van der Waals surface area contributed by atoms with Crippen LogP contribution in [-0.2, 0) is 16.2 Å². The molecule has 2 heterocycles. The zero-order chi connectivity index (χ0) is 20.5. The van der Waals surface area contributed by atoms with Gasteiger partial charge in [0, 0.05) is 12.7 Å². The first-order valence-corrected chi connectivity index (χ1v) is 12.8. The molecule has 0 aliphatic rings. The van der Waals surface area contributed by atoms with Gasteiger partial charge in [0.05, 0.1) is 12.2 Å². The summed E-state index contributed by atoms with van der Waals surface area (Å²) >= 11 is 6.44. The number of hydrogen-bond acceptors (Lipinski definition) is 6. The van der Waals surface area contributed by atoms with E-state index in [9.17, 15) is 4.79 Å². The molecule has 0 amide bonds. The number of aromatic nitrogens is 4. The molecular weight excluding hydrogens is 396 g/mol. The average Bonchev–Trinajstić information content (AvgIpc) is 3.01. The Balaban J connectivity index is 2.14. The summed E-state index contributed by atoms with van der Waals surface area (Å²) in [4.78, 5) is 25.8. The molecule has 0 N–H and O–H groups in total. The Morgan fingerprint density at radius 3 is 2.39 bits per heavy atom. The molecule has 2 aromatic heterocycles. The van der Waals surface area contributed by atoms with Gasteiger partial charge in [0.15, 0.2) is 10.8 Å². The first-order valence-electron chi connectivity index (χ1n) is 8.97. The lowest BCUT2D eigenvalue weighted by Crippen LogP contribution is -2.42. The Morgan fingerprint density at radius 1 is 1.14 bits per heavy atom. The number of nitrogens with zero attached hydrogens (tertiary/aromatic N) is 4. The van der Waals surface area contributed by atoms with Crippen LogP contribution in [0.4, 0.5) is 0 Å². The molecule has 7 nitrogen and oxygen atoms in total. The molecule has 0 fully saturated rings. The van der Waals surface area contributed by atoms with E-state index in [2.05, 4.69) is 29.6 Å². The zero-order valence-electron chi connectivity index (χ0n) is 16.6. The van der Waals surface area contributed by atoms with E-state index in [1.165, 1.54) is 0 Å². The molecule has 3 aromatic rings. The topological polar surface area (TPSA) is 79.1 Å². The van der Waals surface area contributed by atoms with E-state index < -0.39 is 8.07 Å². The van der Waals surface area contributed by atoms with Crippen LogP contribution < -0.4 is 5.45 Å². The minimum Gasteiger partial charge on any atom is -0.462 e. The standard InChI is InChI=1S/C19H23ClN4O3Si/c1-6-27-18(25)13-9-7-12(8-10-13)16-21-14-15(20)22-19(28(3,4)5)23-17(14)24(16)11-26-2/h7-10H,6,11H2,1-5H3. The van der Waals surface area contributed by atoms with Gasteiger partial charge in [-0.3, -0.25) is 4.57 Å². The molecule has 148 valence electrons. The van der Waals surface area contributed by atoms with Crippen LogP contribution in [0.2, 0.25) is 24.8 Å². The van der Waals surface area contributed by atoms with Gasteiger partial charge < -0.3 is 9.47 Å². The number of fused-ring (bicyclic) bond motifs is 1. The number of methoxy groups -OCH3 is 1. The van der Waals surface area contributed by atoms with Gasteiger partial charge in [-0.1, -0.05) is 43.4 Å². The van der Waals surface area contributed by atoms with Crippen LogP contribution in [0.5, 0.6) is 0 Å². The molecule has 0 saturated heterocycles. The lowest BCUT2D eigenvalue weighted by molar-refractivity contribution is 0.0526. The summed E-state index contributed by atoms with van der Waals surface area (Å²) in [5.41, 5.74) is 3.24. The van der Waals surface area contributed by atoms with Crippen molar-refractivity contribution >= 4 is 42.3 Å². The smallest absolute Gasteiger partial charge is 0.338 e. The summed E-state index contributed by atoms with van der Waals surface area (Å²) in [6.07, 6.45) is 0. The number of hydrogen-bond donors (Lipinski definition) is 0. The van der Waals surface area contributed by atoms with Crippen LogP contribution in [0, 0.1) is 0 Å². The molecule has 0 spiro atoms. The third-order valence-electron chi connectivity index (χ3n) is 4.14. The summed E-state index contributed by atoms with van der Waals surface area (Å²) in [5.74, 6) is 0.296. The Morgan fingerprint density at radius 2 is 1.82 bits per heavy atom. The van der Waals surface area contributed by atoms with Crippen molar-refractivity contribution in [1.82, 2.24) is 19.5 Å². The molecule has 0 radical (unpaired) electrons. The lowest BCUT2D eigenvalue weighted by Gasteiger charge is -2.14. The first-order chi connectivity index (χ1) is 13.3. The second kappa shape index (κ2) is 7.98. The number of imidazole rings is 1. The van der Waals surface area contributed by atoms with Crippen molar-refractivity contribution in [2.45, 2.75) is 33.3 Å². The zero-order valence-corrected chi connectivity index (χ0v) is 18.4. The maximum absolute atomic E-state index is 11.9. The summed E-state index contributed by atoms with van der Waals surface area (Å²) in [6, 6.07) is 7.07. The summed E-state index contributed by atoms with van der Waals surface area (Å²) in [6.45, 7) is 8.87. The fourth-order valence-corrected chi connectivity index (χ4v) is 3.91. The van der Waals surface area contributed by atoms with E-state index in [1.54, 1.807) is 26.2 Å². The molecule has 1 aromatic carbocycles. The highest BCUT2D eigenvalue weighted by Gasteiger charge is 2.25. The van der Waals surface area contributed by atoms with Gasteiger partial charge in [0.2, 0.25) is 0 Å². The van der Waals surface area contributed by atoms with E-state index in [1.807, 2.05) is 16.7 Å². The van der Waals surface area contributed by atoms with Crippen LogP contribution in [0.25, 0.3) is 22.6 Å². The summed E-state index contributed by atoms with van der Waals surface area (Å²) in [5, 5.41) is 0.335. The van der Waals surface area contributed by atoms with Crippen LogP contribution in [-0.4, -0.2) is 47.3 Å². The van der Waals surface area contributed by atoms with Crippen molar-refractivity contribution in [1.29, 1.82) is 0 Å². The fraction of sp³-hybridized carbons (Fsp3) is 0.368. The number of carbonyl (C=O) groups is 1. The minimum absolute atomic E-state index is 0.268. The molecular formula is C19H23ClN4O3Si. The lowest BCUT2D eigenvalue weighted by atomic mass is 10.1. The Labute approximate surface area is 169 Å². The third kappa shape index (κ3) is 3.94. The van der Waals surface area contributed by atoms with Gasteiger partial charge in [-0.05, 0) is 19.1 Å². The maximum Gasteiger partial charge on any atom is 0.338 e. The van der Waals surface area contributed by atoms with Crippen LogP contribution in [0.1, 0.15) is 17.3 Å². The van der Waals surface area contributed by atoms with Crippen LogP contribution in [0.3, 0.4) is 0 Å². The van der Waals surface area contributed by atoms with Gasteiger partial charge in [-0.2, -0.15) is 0 Å². The van der Waals surface area contributed by atoms with E-state index in [-0.39, 0.29) is 12.7 Å². The molecule has 3 rings (SSSR count). The highest BCUT2D eigenvalue weighted by molar-refractivity contribution is 6.87. The number of esters is 1. The van der Waals surface area contributed by atoms with E-state index in [0.717, 1.165) is 11.0 Å². The predicted octanol–water partition coefficient (Wildman–Crippen LogP) is 3.47. The molecule has 0 aliphatic heterocycles. The van der Waals surface area contributed by atoms with Gasteiger partial charge in [-0.15, -0.1) is 0 Å². The molecule has 0 atom stereocenters. The number of rotatable bonds is 6. The van der Waals surface area contributed by atoms with E-state index in [4.69, 9.17) is 26.1 Å². The predicted molar refractivity (Wildman–Crippen MR) is 112 cm³/mol. The van der Waals surface area contributed by atoms with Crippen LogP contribution >= 0.6 is 11.6 Å². The number of benzene rings is 1. The highest BCUT2D eigenvalue weighted by atomic mass is 35.5. The number of ether oxygens (including phenoxy) is 2. The Kier molecular flexibility index (Phi) is 5.83. The molecule has 0 bridgehead atoms. The largest absolute Gasteiger partial charge is 0.462 e. The minimum atomic E-state index is -1.77. The first kappa shape index (κ1) is 20.4. The van der Waals surface area contributed by atoms with Crippen molar-refractivity contribution in [2.75, 3.05) is 13.7 Å². The van der Waals surface area contributed by atoms with Gasteiger partial charge in [0.1, 0.15) is 31.6 Å². The summed E-state index contributed by atoms with van der Waals surface area (Å²) in [7, 11) is -0.153. The molecule has 0 unspecified atom stereocenters. The van der Waals surface area contributed by atoms with Gasteiger partial charge >= 0.3 is 5.97 Å². The molecule has 28 heavy (non-hydrogen) atoms.